The van der Waals surface area contributed by atoms with Crippen molar-refractivity contribution in [2.24, 2.45) is 0 Å². The lowest BCUT2D eigenvalue weighted by molar-refractivity contribution is -0.123. The summed E-state index contributed by atoms with van der Waals surface area (Å²) in [6.45, 7) is -0.394. The van der Waals surface area contributed by atoms with Crippen molar-refractivity contribution < 1.29 is 24.2 Å². The molecule has 28 heavy (non-hydrogen) atoms. The molecule has 0 unspecified atom stereocenters. The van der Waals surface area contributed by atoms with Crippen molar-refractivity contribution in [3.8, 4) is 5.75 Å². The van der Waals surface area contributed by atoms with Gasteiger partial charge in [-0.3, -0.25) is 10.1 Å². The van der Waals surface area contributed by atoms with E-state index in [2.05, 4.69) is 10.6 Å². The van der Waals surface area contributed by atoms with Gasteiger partial charge in [0, 0.05) is 11.9 Å². The lowest BCUT2D eigenvalue weighted by atomic mass is 10.1. The number of hydrogen-bond donors (Lipinski definition) is 3. The Morgan fingerprint density at radius 2 is 1.61 bits per heavy atom. The summed E-state index contributed by atoms with van der Waals surface area (Å²) in [5.74, 6) is -1.86. The van der Waals surface area contributed by atoms with E-state index in [9.17, 15) is 19.5 Å². The Balaban J connectivity index is 1.51. The molecule has 3 rings (SSSR count). The molecule has 0 aliphatic heterocycles. The van der Waals surface area contributed by atoms with Gasteiger partial charge in [0.2, 0.25) is 0 Å². The number of rotatable bonds is 5. The van der Waals surface area contributed by atoms with E-state index in [1.807, 2.05) is 36.4 Å². The zero-order valence-electron chi connectivity index (χ0n) is 14.8. The highest BCUT2D eigenvalue weighted by Gasteiger charge is 2.17. The second-order valence-electron chi connectivity index (χ2n) is 5.98. The first-order valence-electron chi connectivity index (χ1n) is 8.54. The highest BCUT2D eigenvalue weighted by Crippen LogP contribution is 2.28. The van der Waals surface area contributed by atoms with E-state index in [-0.39, 0.29) is 17.9 Å². The summed E-state index contributed by atoms with van der Waals surface area (Å²) < 4.78 is 4.89. The second-order valence-corrected chi connectivity index (χ2v) is 5.98. The minimum absolute atomic E-state index is 0.0555. The van der Waals surface area contributed by atoms with Gasteiger partial charge in [-0.25, -0.2) is 9.59 Å². The van der Waals surface area contributed by atoms with Crippen LogP contribution in [-0.2, 0) is 16.1 Å². The molecule has 0 bridgehead atoms. The van der Waals surface area contributed by atoms with Crippen LogP contribution < -0.4 is 10.6 Å². The number of phenols is 1. The molecule has 0 atom stereocenters. The SMILES string of the molecule is O=C(COC(=O)c1ccc2ccccc2c1O)NC(=O)NCc1ccccc1. The molecule has 3 amide bonds. The van der Waals surface area contributed by atoms with Crippen LogP contribution >= 0.6 is 0 Å². The molecule has 0 saturated carbocycles. The third-order valence-electron chi connectivity index (χ3n) is 4.00. The van der Waals surface area contributed by atoms with Crippen LogP contribution in [0.2, 0.25) is 0 Å². The molecule has 0 heterocycles. The number of esters is 1. The van der Waals surface area contributed by atoms with Crippen LogP contribution in [0.3, 0.4) is 0 Å². The summed E-state index contributed by atoms with van der Waals surface area (Å²) in [5, 5.41) is 16.1. The molecule has 142 valence electrons. The van der Waals surface area contributed by atoms with Crippen molar-refractivity contribution in [3.63, 3.8) is 0 Å². The third kappa shape index (κ3) is 4.64. The molecular weight excluding hydrogens is 360 g/mol. The molecule has 0 saturated heterocycles. The Bertz CT molecular complexity index is 1020. The van der Waals surface area contributed by atoms with Crippen LogP contribution in [0.15, 0.2) is 66.7 Å². The molecule has 3 aromatic carbocycles. The molecule has 3 aromatic rings. The zero-order valence-corrected chi connectivity index (χ0v) is 14.8. The van der Waals surface area contributed by atoms with Gasteiger partial charge in [0.15, 0.2) is 6.61 Å². The Morgan fingerprint density at radius 3 is 2.39 bits per heavy atom. The first-order valence-corrected chi connectivity index (χ1v) is 8.54. The van der Waals surface area contributed by atoms with Gasteiger partial charge in [-0.05, 0) is 17.0 Å². The van der Waals surface area contributed by atoms with E-state index in [4.69, 9.17) is 4.74 Å². The van der Waals surface area contributed by atoms with Gasteiger partial charge >= 0.3 is 12.0 Å². The quantitative estimate of drug-likeness (QED) is 0.592. The number of fused-ring (bicyclic) bond motifs is 1. The van der Waals surface area contributed by atoms with Crippen molar-refractivity contribution in [3.05, 3.63) is 77.9 Å². The Hall–Kier alpha value is -3.87. The summed E-state index contributed by atoms with van der Waals surface area (Å²) in [4.78, 5) is 35.7. The van der Waals surface area contributed by atoms with Gasteiger partial charge in [-0.2, -0.15) is 0 Å². The number of imide groups is 1. The summed E-state index contributed by atoms with van der Waals surface area (Å²) in [5.41, 5.74) is 0.823. The average molecular weight is 378 g/mol. The number of nitrogens with one attached hydrogen (secondary N) is 2. The number of aromatic hydroxyl groups is 1. The second kappa shape index (κ2) is 8.68. The lowest BCUT2D eigenvalue weighted by Crippen LogP contribution is -2.41. The van der Waals surface area contributed by atoms with Crippen molar-refractivity contribution in [1.82, 2.24) is 10.6 Å². The van der Waals surface area contributed by atoms with Crippen LogP contribution in [0.1, 0.15) is 15.9 Å². The topological polar surface area (TPSA) is 105 Å². The van der Waals surface area contributed by atoms with Gasteiger partial charge in [0.05, 0.1) is 0 Å². The minimum Gasteiger partial charge on any atom is -0.506 e. The highest BCUT2D eigenvalue weighted by atomic mass is 16.5. The van der Waals surface area contributed by atoms with Crippen molar-refractivity contribution in [1.29, 1.82) is 0 Å². The Kier molecular flexibility index (Phi) is 5.86. The van der Waals surface area contributed by atoms with E-state index in [0.29, 0.717) is 5.39 Å². The molecule has 0 spiro atoms. The molecular formula is C21H18N2O5. The Morgan fingerprint density at radius 1 is 0.893 bits per heavy atom. The number of carbonyl (C=O) groups is 3. The number of urea groups is 1. The highest BCUT2D eigenvalue weighted by molar-refractivity contribution is 6.02. The van der Waals surface area contributed by atoms with Crippen molar-refractivity contribution in [2.45, 2.75) is 6.54 Å². The van der Waals surface area contributed by atoms with Crippen LogP contribution in [0.25, 0.3) is 10.8 Å². The fourth-order valence-corrected chi connectivity index (χ4v) is 2.61. The molecule has 0 radical (unpaired) electrons. The number of hydrogen-bond acceptors (Lipinski definition) is 5. The largest absolute Gasteiger partial charge is 0.506 e. The van der Waals surface area contributed by atoms with Crippen molar-refractivity contribution >= 4 is 28.7 Å². The molecule has 7 heteroatoms. The maximum absolute atomic E-state index is 12.1. The maximum Gasteiger partial charge on any atom is 0.342 e. The standard InChI is InChI=1S/C21H18N2O5/c24-18(23-21(27)22-12-14-6-2-1-3-7-14)13-28-20(26)17-11-10-15-8-4-5-9-16(15)19(17)25/h1-11,25H,12-13H2,(H2,22,23,24,27). The fraction of sp³-hybridized carbons (Fsp3) is 0.0952. The van der Waals surface area contributed by atoms with Crippen molar-refractivity contribution in [2.75, 3.05) is 6.61 Å². The van der Waals surface area contributed by atoms with E-state index < -0.39 is 24.5 Å². The predicted molar refractivity (Wildman–Crippen MR) is 103 cm³/mol. The van der Waals surface area contributed by atoms with Crippen LogP contribution in [-0.4, -0.2) is 29.6 Å². The van der Waals surface area contributed by atoms with Crippen LogP contribution in [0.4, 0.5) is 4.79 Å². The predicted octanol–water partition coefficient (Wildman–Crippen LogP) is 2.73. The summed E-state index contributed by atoms with van der Waals surface area (Å²) in [6.07, 6.45) is 0. The molecule has 0 aliphatic rings. The fourth-order valence-electron chi connectivity index (χ4n) is 2.61. The molecule has 7 nitrogen and oxygen atoms in total. The molecule has 0 fully saturated rings. The van der Waals surface area contributed by atoms with E-state index in [1.165, 1.54) is 6.07 Å². The monoisotopic (exact) mass is 378 g/mol. The number of amides is 3. The van der Waals surface area contributed by atoms with Gasteiger partial charge in [-0.15, -0.1) is 0 Å². The number of carbonyl (C=O) groups excluding carboxylic acids is 3. The molecule has 0 aliphatic carbocycles. The van der Waals surface area contributed by atoms with Crippen LogP contribution in [0.5, 0.6) is 5.75 Å². The first kappa shape index (κ1) is 18.9. The van der Waals surface area contributed by atoms with Gasteiger partial charge in [0.1, 0.15) is 11.3 Å². The number of ether oxygens (including phenoxy) is 1. The van der Waals surface area contributed by atoms with Gasteiger partial charge in [0.25, 0.3) is 5.91 Å². The first-order chi connectivity index (χ1) is 13.5. The van der Waals surface area contributed by atoms with E-state index in [0.717, 1.165) is 10.9 Å². The minimum atomic E-state index is -0.858. The summed E-state index contributed by atoms with van der Waals surface area (Å²) >= 11 is 0. The van der Waals surface area contributed by atoms with E-state index in [1.54, 1.807) is 24.3 Å². The molecule has 0 aromatic heterocycles. The van der Waals surface area contributed by atoms with Crippen LogP contribution in [0, 0.1) is 0 Å². The lowest BCUT2D eigenvalue weighted by Gasteiger charge is -2.09. The van der Waals surface area contributed by atoms with Gasteiger partial charge < -0.3 is 15.2 Å². The number of phenolic OH excluding ortho intramolecular Hbond substituents is 1. The number of benzene rings is 3. The summed E-state index contributed by atoms with van der Waals surface area (Å²) in [7, 11) is 0. The Labute approximate surface area is 160 Å². The smallest absolute Gasteiger partial charge is 0.342 e. The maximum atomic E-state index is 12.1. The van der Waals surface area contributed by atoms with E-state index >= 15 is 0 Å². The average Bonchev–Trinajstić information content (AvgIpc) is 2.72. The normalized spacial score (nSPS) is 10.3. The third-order valence-corrected chi connectivity index (χ3v) is 4.00. The summed E-state index contributed by atoms with van der Waals surface area (Å²) in [6, 6.07) is 18.6. The zero-order chi connectivity index (χ0) is 19.9. The van der Waals surface area contributed by atoms with Gasteiger partial charge in [-0.1, -0.05) is 60.7 Å². The molecule has 3 N–H and O–H groups in total.